The third kappa shape index (κ3) is 4.81. The van der Waals surface area contributed by atoms with E-state index in [-0.39, 0.29) is 5.66 Å². The molecule has 5 rings (SSSR count). The van der Waals surface area contributed by atoms with Crippen LogP contribution in [0.2, 0.25) is 0 Å². The van der Waals surface area contributed by atoms with Crippen molar-refractivity contribution in [1.82, 2.24) is 0 Å². The maximum Gasteiger partial charge on any atom is 0.291 e. The molecule has 0 fully saturated rings. The molecule has 4 heteroatoms. The molecule has 38 heavy (non-hydrogen) atoms. The van der Waals surface area contributed by atoms with Crippen molar-refractivity contribution in [1.29, 1.82) is 0 Å². The number of para-hydroxylation sites is 1. The predicted molar refractivity (Wildman–Crippen MR) is 159 cm³/mol. The average Bonchev–Trinajstić information content (AvgIpc) is 2.98. The van der Waals surface area contributed by atoms with Crippen molar-refractivity contribution in [3.8, 4) is 0 Å². The number of rotatable bonds is 8. The van der Waals surface area contributed by atoms with Gasteiger partial charge in [0.2, 0.25) is 5.78 Å². The monoisotopic (exact) mass is 514 g/mol. The Kier molecular flexibility index (Phi) is 7.58. The lowest BCUT2D eigenvalue weighted by atomic mass is 10.0. The second-order valence-electron chi connectivity index (χ2n) is 9.14. The van der Waals surface area contributed by atoms with Crippen LogP contribution in [0.3, 0.4) is 0 Å². The molecule has 1 N–H and O–H groups in total. The van der Waals surface area contributed by atoms with E-state index in [4.69, 9.17) is 0 Å². The predicted octanol–water partition coefficient (Wildman–Crippen LogP) is 6.30. The highest BCUT2D eigenvalue weighted by atomic mass is 31.2. The van der Waals surface area contributed by atoms with E-state index in [9.17, 15) is 9.59 Å². The molecule has 0 saturated carbocycles. The quantitative estimate of drug-likeness (QED) is 0.195. The maximum absolute atomic E-state index is 12.6. The molecule has 0 saturated heterocycles. The molecule has 1 unspecified atom stereocenters. The number of carbonyl (C=O) groups excluding carboxylic acids is 2. The molecule has 1 atom stereocenters. The van der Waals surface area contributed by atoms with E-state index >= 15 is 0 Å². The number of Topliss-reactive ketones (excluding diaryl/α,β-unsaturated/α-hetero) is 1. The number of benzene rings is 5. The summed E-state index contributed by atoms with van der Waals surface area (Å²) in [6.07, 6.45) is 0. The summed E-state index contributed by atoms with van der Waals surface area (Å²) in [4.78, 5) is 24.6. The van der Waals surface area contributed by atoms with Crippen molar-refractivity contribution in [3.63, 3.8) is 0 Å². The minimum atomic E-state index is -2.44. The molecule has 0 aliphatic heterocycles. The minimum absolute atomic E-state index is 0.139. The summed E-state index contributed by atoms with van der Waals surface area (Å²) in [6.45, 7) is 1.29. The number of anilines is 1. The molecular weight excluding hydrogens is 485 g/mol. The van der Waals surface area contributed by atoms with E-state index in [1.54, 1.807) is 0 Å². The Morgan fingerprint density at radius 1 is 0.553 bits per heavy atom. The standard InChI is InChI=1S/C34H28NO2P/c1-26(36)34(37)35-32-25-15-14-24-31(32)33(27-16-6-2-7-17-27)38(28-18-8-3-9-19-28,29-20-10-4-11-21-29)30-22-12-5-13-23-30/h2-25,33H,1H3/p+1. The van der Waals surface area contributed by atoms with E-state index < -0.39 is 19.0 Å². The molecule has 0 spiro atoms. The van der Waals surface area contributed by atoms with Gasteiger partial charge >= 0.3 is 0 Å². The second kappa shape index (κ2) is 11.4. The highest BCUT2D eigenvalue weighted by molar-refractivity contribution is 7.96. The molecule has 5 aromatic rings. The molecular formula is C34H29NO2P+. The number of nitrogens with one attached hydrogen (secondary N) is 1. The first kappa shape index (κ1) is 25.3. The fourth-order valence-electron chi connectivity index (χ4n) is 5.19. The average molecular weight is 515 g/mol. The molecule has 0 aliphatic carbocycles. The van der Waals surface area contributed by atoms with E-state index in [0.717, 1.165) is 11.1 Å². The molecule has 0 radical (unpaired) electrons. The van der Waals surface area contributed by atoms with Gasteiger partial charge < -0.3 is 5.32 Å². The SMILES string of the molecule is CC(=O)C(=O)Nc1ccccc1C(c1ccccc1)[P+](c1ccccc1)(c1ccccc1)c1ccccc1. The van der Waals surface area contributed by atoms with E-state index in [2.05, 4.69) is 108 Å². The van der Waals surface area contributed by atoms with Crippen LogP contribution in [-0.4, -0.2) is 11.7 Å². The van der Waals surface area contributed by atoms with Crippen LogP contribution in [0, 0.1) is 0 Å². The summed E-state index contributed by atoms with van der Waals surface area (Å²) in [7, 11) is -2.44. The van der Waals surface area contributed by atoms with Crippen molar-refractivity contribution in [2.24, 2.45) is 0 Å². The highest BCUT2D eigenvalue weighted by Gasteiger charge is 2.54. The highest BCUT2D eigenvalue weighted by Crippen LogP contribution is 2.69. The van der Waals surface area contributed by atoms with Gasteiger partial charge in [0.25, 0.3) is 5.91 Å². The number of hydrogen-bond donors (Lipinski definition) is 1. The lowest BCUT2D eigenvalue weighted by Crippen LogP contribution is -2.36. The summed E-state index contributed by atoms with van der Waals surface area (Å²) in [6, 6.07) is 50.4. The number of ketones is 1. The lowest BCUT2D eigenvalue weighted by Gasteiger charge is -2.36. The Bertz CT molecular complexity index is 1420. The third-order valence-corrected chi connectivity index (χ3v) is 11.5. The summed E-state index contributed by atoms with van der Waals surface area (Å²) >= 11 is 0. The lowest BCUT2D eigenvalue weighted by molar-refractivity contribution is -0.133. The molecule has 186 valence electrons. The van der Waals surface area contributed by atoms with E-state index in [1.807, 2.05) is 42.5 Å². The van der Waals surface area contributed by atoms with Gasteiger partial charge in [0.1, 0.15) is 28.8 Å². The smallest absolute Gasteiger partial charge is 0.291 e. The molecule has 0 heterocycles. The van der Waals surface area contributed by atoms with Gasteiger partial charge in [-0.25, -0.2) is 0 Å². The third-order valence-electron chi connectivity index (χ3n) is 6.82. The van der Waals surface area contributed by atoms with Gasteiger partial charge in [0.15, 0.2) is 0 Å². The first-order valence-corrected chi connectivity index (χ1v) is 14.5. The topological polar surface area (TPSA) is 46.2 Å². The molecule has 5 aromatic carbocycles. The van der Waals surface area contributed by atoms with E-state index in [1.165, 1.54) is 22.8 Å². The van der Waals surface area contributed by atoms with Gasteiger partial charge in [-0.2, -0.15) is 0 Å². The first-order chi connectivity index (χ1) is 18.6. The normalized spacial score (nSPS) is 11.9. The summed E-state index contributed by atoms with van der Waals surface area (Å²) < 4.78 is 0. The van der Waals surface area contributed by atoms with Crippen LogP contribution in [-0.2, 0) is 9.59 Å². The molecule has 0 aliphatic rings. The molecule has 0 aromatic heterocycles. The van der Waals surface area contributed by atoms with Gasteiger partial charge in [0.05, 0.1) is 0 Å². The maximum atomic E-state index is 12.6. The Morgan fingerprint density at radius 2 is 0.947 bits per heavy atom. The first-order valence-electron chi connectivity index (χ1n) is 12.6. The summed E-state index contributed by atoms with van der Waals surface area (Å²) in [5, 5.41) is 6.62. The van der Waals surface area contributed by atoms with Crippen LogP contribution in [0.25, 0.3) is 0 Å². The van der Waals surface area contributed by atoms with Crippen molar-refractivity contribution < 1.29 is 9.59 Å². The van der Waals surface area contributed by atoms with Crippen molar-refractivity contribution in [2.75, 3.05) is 5.32 Å². The van der Waals surface area contributed by atoms with Crippen molar-refractivity contribution in [3.05, 3.63) is 157 Å². The summed E-state index contributed by atoms with van der Waals surface area (Å²) in [5.74, 6) is -1.14. The Labute approximate surface area is 224 Å². The van der Waals surface area contributed by atoms with Gasteiger partial charge in [0, 0.05) is 18.2 Å². The Hall–Kier alpha value is -4.33. The number of hydrogen-bond acceptors (Lipinski definition) is 2. The van der Waals surface area contributed by atoms with Gasteiger partial charge in [-0.3, -0.25) is 9.59 Å². The van der Waals surface area contributed by atoms with Crippen LogP contribution in [0.5, 0.6) is 0 Å². The minimum Gasteiger partial charge on any atom is -0.319 e. The zero-order valence-electron chi connectivity index (χ0n) is 21.2. The van der Waals surface area contributed by atoms with Crippen LogP contribution in [0.15, 0.2) is 146 Å². The largest absolute Gasteiger partial charge is 0.319 e. The Balaban J connectivity index is 1.92. The van der Waals surface area contributed by atoms with Gasteiger partial charge in [-0.05, 0) is 48.0 Å². The molecule has 3 nitrogen and oxygen atoms in total. The second-order valence-corrected chi connectivity index (χ2v) is 12.7. The molecule has 0 bridgehead atoms. The van der Waals surface area contributed by atoms with E-state index in [0.29, 0.717) is 5.69 Å². The van der Waals surface area contributed by atoms with Crippen LogP contribution in [0.1, 0.15) is 23.7 Å². The van der Waals surface area contributed by atoms with Crippen LogP contribution in [0.4, 0.5) is 5.69 Å². The zero-order chi connectivity index (χ0) is 26.4. The fourth-order valence-corrected chi connectivity index (χ4v) is 10.2. The van der Waals surface area contributed by atoms with Gasteiger partial charge in [-0.1, -0.05) is 103 Å². The number of carbonyl (C=O) groups is 2. The Morgan fingerprint density at radius 3 is 1.39 bits per heavy atom. The van der Waals surface area contributed by atoms with Crippen LogP contribution >= 0.6 is 7.26 Å². The van der Waals surface area contributed by atoms with Crippen molar-refractivity contribution >= 4 is 40.6 Å². The number of amides is 1. The summed E-state index contributed by atoms with van der Waals surface area (Å²) in [5.41, 5.74) is 2.62. The van der Waals surface area contributed by atoms with Gasteiger partial charge in [-0.15, -0.1) is 0 Å². The zero-order valence-corrected chi connectivity index (χ0v) is 22.1. The van der Waals surface area contributed by atoms with Crippen molar-refractivity contribution in [2.45, 2.75) is 12.6 Å². The molecule has 1 amide bonds. The van der Waals surface area contributed by atoms with Crippen LogP contribution < -0.4 is 21.2 Å². The fraction of sp³-hybridized carbons (Fsp3) is 0.0588.